The highest BCUT2D eigenvalue weighted by atomic mass is 16.5. The van der Waals surface area contributed by atoms with Crippen LogP contribution in [0.1, 0.15) is 98.3 Å². The van der Waals surface area contributed by atoms with Crippen LogP contribution in [0.5, 0.6) is 0 Å². The second-order valence-corrected chi connectivity index (χ2v) is 13.7. The second-order valence-electron chi connectivity index (χ2n) is 13.7. The van der Waals surface area contributed by atoms with Gasteiger partial charge < -0.3 is 9.64 Å². The Morgan fingerprint density at radius 3 is 2.64 bits per heavy atom. The van der Waals surface area contributed by atoms with E-state index in [1.54, 1.807) is 5.57 Å². The Balaban J connectivity index is 1.28. The summed E-state index contributed by atoms with van der Waals surface area (Å²) in [7, 11) is 2.03. The predicted molar refractivity (Wildman–Crippen MR) is 133 cm³/mol. The molecule has 0 bridgehead atoms. The summed E-state index contributed by atoms with van der Waals surface area (Å²) in [6.45, 7) is 11.0. The van der Waals surface area contributed by atoms with E-state index in [-0.39, 0.29) is 5.60 Å². The van der Waals surface area contributed by atoms with Crippen LogP contribution in [0.25, 0.3) is 0 Å². The number of likely N-dealkylation sites (tertiary alicyclic amines) is 1. The molecule has 0 aromatic rings. The summed E-state index contributed by atoms with van der Waals surface area (Å²) in [4.78, 5) is 14.6. The average molecular weight is 454 g/mol. The quantitative estimate of drug-likeness (QED) is 0.386. The molecule has 1 amide bonds. The normalized spacial score (nSPS) is 52.2. The van der Waals surface area contributed by atoms with Crippen molar-refractivity contribution < 1.29 is 9.53 Å². The molecule has 6 aliphatic rings. The molecule has 184 valence electrons. The standard InChI is InChI=1S/C30H47NO2/c1-18-6-8-22-20(3)30(33-27(22)14-18)13-10-23-24-9-7-21-17-31(5)28(32)11-12-29(21,4)26(24)15-25(23)19(2)16-30/h18,20-24,26-27H,6-17H2,1-5H3/t18-,20-,21-,22+,23+,24+,26+,27-,29+,30+/m1/s1. The van der Waals surface area contributed by atoms with Crippen LogP contribution in [0, 0.1) is 46.8 Å². The fourth-order valence-corrected chi connectivity index (χ4v) is 10.2. The van der Waals surface area contributed by atoms with Gasteiger partial charge in [0.2, 0.25) is 5.91 Å². The van der Waals surface area contributed by atoms with Crippen molar-refractivity contribution in [2.75, 3.05) is 13.6 Å². The largest absolute Gasteiger partial charge is 0.371 e. The molecular formula is C30H47NO2. The molecule has 0 radical (unpaired) electrons. The lowest BCUT2D eigenvalue weighted by molar-refractivity contribution is -0.129. The predicted octanol–water partition coefficient (Wildman–Crippen LogP) is 6.62. The van der Waals surface area contributed by atoms with Crippen molar-refractivity contribution in [2.24, 2.45) is 46.8 Å². The molecule has 10 atom stereocenters. The van der Waals surface area contributed by atoms with E-state index in [1.807, 2.05) is 17.5 Å². The van der Waals surface area contributed by atoms with Gasteiger partial charge >= 0.3 is 0 Å². The lowest BCUT2D eigenvalue weighted by Crippen LogP contribution is -2.45. The summed E-state index contributed by atoms with van der Waals surface area (Å²) < 4.78 is 7.10. The number of rotatable bonds is 0. The van der Waals surface area contributed by atoms with Gasteiger partial charge in [-0.2, -0.15) is 0 Å². The topological polar surface area (TPSA) is 29.5 Å². The summed E-state index contributed by atoms with van der Waals surface area (Å²) in [6, 6.07) is 0. The van der Waals surface area contributed by atoms with E-state index in [9.17, 15) is 4.79 Å². The first-order valence-corrected chi connectivity index (χ1v) is 14.3. The number of nitrogens with zero attached hydrogens (tertiary/aromatic N) is 1. The van der Waals surface area contributed by atoms with E-state index in [0.717, 1.165) is 49.0 Å². The number of carbonyl (C=O) groups excluding carboxylic acids is 1. The van der Waals surface area contributed by atoms with Crippen LogP contribution in [-0.2, 0) is 9.53 Å². The molecule has 2 heterocycles. The van der Waals surface area contributed by atoms with Crippen LogP contribution in [0.3, 0.4) is 0 Å². The average Bonchev–Trinajstić information content (AvgIpc) is 3.19. The highest BCUT2D eigenvalue weighted by Gasteiger charge is 2.59. The highest BCUT2D eigenvalue weighted by Crippen LogP contribution is 2.64. The van der Waals surface area contributed by atoms with E-state index in [0.29, 0.717) is 29.3 Å². The third-order valence-electron chi connectivity index (χ3n) is 12.3. The molecule has 3 heteroatoms. The highest BCUT2D eigenvalue weighted by molar-refractivity contribution is 5.76. The van der Waals surface area contributed by atoms with Crippen LogP contribution < -0.4 is 0 Å². The monoisotopic (exact) mass is 453 g/mol. The van der Waals surface area contributed by atoms with Crippen LogP contribution in [0.15, 0.2) is 11.1 Å². The number of hydrogen-bond donors (Lipinski definition) is 0. The van der Waals surface area contributed by atoms with E-state index in [1.165, 1.54) is 57.8 Å². The first kappa shape index (κ1) is 22.6. The van der Waals surface area contributed by atoms with Crippen molar-refractivity contribution in [3.8, 4) is 0 Å². The molecule has 1 spiro atoms. The number of ether oxygens (including phenoxy) is 1. The molecule has 0 N–H and O–H groups in total. The SMILES string of the molecule is CC1=C2C[C@H]3[C@@H](CC[C@@H]4CN(C)C(=O)CC[C@@]43C)[C@@H]2CC[C@@]2(C1)O[C@@H]1C[C@H](C)CC[C@H]1[C@H]2C. The lowest BCUT2D eigenvalue weighted by Gasteiger charge is -2.49. The molecule has 4 aliphatic carbocycles. The van der Waals surface area contributed by atoms with E-state index < -0.39 is 0 Å². The van der Waals surface area contributed by atoms with E-state index >= 15 is 0 Å². The minimum atomic E-state index is 0.106. The maximum Gasteiger partial charge on any atom is 0.222 e. The molecule has 3 nitrogen and oxygen atoms in total. The molecule has 2 aliphatic heterocycles. The Kier molecular flexibility index (Phi) is 5.37. The van der Waals surface area contributed by atoms with Crippen molar-refractivity contribution in [3.63, 3.8) is 0 Å². The third-order valence-corrected chi connectivity index (χ3v) is 12.3. The molecule has 0 unspecified atom stereocenters. The fraction of sp³-hybridized carbons (Fsp3) is 0.900. The van der Waals surface area contributed by atoms with Gasteiger partial charge in [-0.3, -0.25) is 4.79 Å². The van der Waals surface area contributed by atoms with Crippen molar-refractivity contribution >= 4 is 5.91 Å². The summed E-state index contributed by atoms with van der Waals surface area (Å²) >= 11 is 0. The smallest absolute Gasteiger partial charge is 0.222 e. The van der Waals surface area contributed by atoms with Crippen LogP contribution >= 0.6 is 0 Å². The lowest BCUT2D eigenvalue weighted by atomic mass is 9.55. The maximum atomic E-state index is 12.5. The Labute approximate surface area is 202 Å². The van der Waals surface area contributed by atoms with Gasteiger partial charge in [0.15, 0.2) is 0 Å². The zero-order valence-corrected chi connectivity index (χ0v) is 21.9. The summed E-state index contributed by atoms with van der Waals surface area (Å²) in [5.74, 6) is 5.79. The summed E-state index contributed by atoms with van der Waals surface area (Å²) in [5, 5.41) is 0. The number of carbonyl (C=O) groups is 1. The molecule has 6 rings (SSSR count). The molecule has 2 saturated heterocycles. The number of allylic oxidation sites excluding steroid dienone is 1. The zero-order valence-electron chi connectivity index (χ0n) is 21.9. The van der Waals surface area contributed by atoms with E-state index in [4.69, 9.17) is 4.74 Å². The molecule has 0 aromatic heterocycles. The Morgan fingerprint density at radius 2 is 1.82 bits per heavy atom. The maximum absolute atomic E-state index is 12.5. The summed E-state index contributed by atoms with van der Waals surface area (Å²) in [6.07, 6.45) is 14.2. The zero-order chi connectivity index (χ0) is 23.1. The van der Waals surface area contributed by atoms with Crippen molar-refractivity contribution in [1.29, 1.82) is 0 Å². The molecular weight excluding hydrogens is 406 g/mol. The molecule has 0 aromatic carbocycles. The van der Waals surface area contributed by atoms with Crippen molar-refractivity contribution in [1.82, 2.24) is 4.90 Å². The Morgan fingerprint density at radius 1 is 1.03 bits per heavy atom. The first-order chi connectivity index (χ1) is 15.7. The fourth-order valence-electron chi connectivity index (χ4n) is 10.2. The van der Waals surface area contributed by atoms with Gasteiger partial charge in [0.25, 0.3) is 0 Å². The van der Waals surface area contributed by atoms with Gasteiger partial charge in [0, 0.05) is 20.0 Å². The molecule has 3 saturated carbocycles. The number of amides is 1. The van der Waals surface area contributed by atoms with E-state index in [2.05, 4.69) is 27.7 Å². The third kappa shape index (κ3) is 3.34. The summed E-state index contributed by atoms with van der Waals surface area (Å²) in [5.41, 5.74) is 3.96. The Hall–Kier alpha value is -0.830. The van der Waals surface area contributed by atoms with Gasteiger partial charge in [-0.05, 0) is 112 Å². The second kappa shape index (κ2) is 7.84. The van der Waals surface area contributed by atoms with Gasteiger partial charge in [-0.1, -0.05) is 38.3 Å². The van der Waals surface area contributed by atoms with Crippen LogP contribution in [0.4, 0.5) is 0 Å². The molecule has 5 fully saturated rings. The van der Waals surface area contributed by atoms with Gasteiger partial charge in [0.05, 0.1) is 11.7 Å². The number of fused-ring (bicyclic) bond motifs is 6. The Bertz CT molecular complexity index is 848. The minimum Gasteiger partial charge on any atom is -0.371 e. The van der Waals surface area contributed by atoms with Gasteiger partial charge in [-0.15, -0.1) is 0 Å². The van der Waals surface area contributed by atoms with Crippen molar-refractivity contribution in [3.05, 3.63) is 11.1 Å². The molecule has 33 heavy (non-hydrogen) atoms. The van der Waals surface area contributed by atoms with Crippen molar-refractivity contribution in [2.45, 2.75) is 110 Å². The number of hydrogen-bond acceptors (Lipinski definition) is 2. The van der Waals surface area contributed by atoms with Gasteiger partial charge in [-0.25, -0.2) is 0 Å². The van der Waals surface area contributed by atoms with Crippen LogP contribution in [-0.4, -0.2) is 36.1 Å². The van der Waals surface area contributed by atoms with Gasteiger partial charge in [0.1, 0.15) is 0 Å². The first-order valence-electron chi connectivity index (χ1n) is 14.3. The van der Waals surface area contributed by atoms with Crippen LogP contribution in [0.2, 0.25) is 0 Å². The minimum absolute atomic E-state index is 0.106.